The highest BCUT2D eigenvalue weighted by Gasteiger charge is 2.27. The van der Waals surface area contributed by atoms with Crippen LogP contribution < -0.4 is 0 Å². The first-order valence-electron chi connectivity index (χ1n) is 7.34. The number of nitrogens with zero attached hydrogens (tertiary/aromatic N) is 1. The van der Waals surface area contributed by atoms with Crippen molar-refractivity contribution in [3.63, 3.8) is 0 Å². The van der Waals surface area contributed by atoms with Gasteiger partial charge in [0.05, 0.1) is 13.2 Å². The smallest absolute Gasteiger partial charge is 0.0630 e. The molecule has 1 aromatic rings. The Morgan fingerprint density at radius 2 is 2.21 bits per heavy atom. The van der Waals surface area contributed by atoms with Crippen LogP contribution in [0.15, 0.2) is 24.3 Å². The van der Waals surface area contributed by atoms with Crippen molar-refractivity contribution in [1.82, 2.24) is 4.90 Å². The fourth-order valence-corrected chi connectivity index (χ4v) is 4.00. The quantitative estimate of drug-likeness (QED) is 0.792. The van der Waals surface area contributed by atoms with Gasteiger partial charge >= 0.3 is 0 Å². The first kappa shape index (κ1) is 13.6. The van der Waals surface area contributed by atoms with Crippen molar-refractivity contribution in [2.45, 2.75) is 31.2 Å². The van der Waals surface area contributed by atoms with Crippen LogP contribution >= 0.6 is 15.9 Å². The van der Waals surface area contributed by atoms with E-state index in [0.29, 0.717) is 12.0 Å². The van der Waals surface area contributed by atoms with Crippen LogP contribution in [0.2, 0.25) is 0 Å². The molecule has 3 rings (SSSR count). The number of alkyl halides is 1. The Labute approximate surface area is 124 Å². The van der Waals surface area contributed by atoms with E-state index in [-0.39, 0.29) is 0 Å². The number of ether oxygens (including phenoxy) is 1. The lowest BCUT2D eigenvalue weighted by Crippen LogP contribution is -2.48. The van der Waals surface area contributed by atoms with Gasteiger partial charge in [0.25, 0.3) is 0 Å². The van der Waals surface area contributed by atoms with Gasteiger partial charge in [0.2, 0.25) is 0 Å². The first-order valence-corrected chi connectivity index (χ1v) is 8.46. The van der Waals surface area contributed by atoms with Crippen molar-refractivity contribution in [2.24, 2.45) is 0 Å². The molecule has 19 heavy (non-hydrogen) atoms. The Balaban J connectivity index is 1.73. The van der Waals surface area contributed by atoms with Crippen molar-refractivity contribution in [1.29, 1.82) is 0 Å². The molecule has 1 aromatic carbocycles. The van der Waals surface area contributed by atoms with Crippen LogP contribution in [0.3, 0.4) is 0 Å². The summed E-state index contributed by atoms with van der Waals surface area (Å²) in [6, 6.07) is 9.56. The molecule has 1 aliphatic heterocycles. The van der Waals surface area contributed by atoms with E-state index in [1.165, 1.54) is 25.8 Å². The van der Waals surface area contributed by atoms with Gasteiger partial charge in [-0.3, -0.25) is 4.90 Å². The second kappa shape index (κ2) is 6.38. The van der Waals surface area contributed by atoms with Crippen molar-refractivity contribution in [3.05, 3.63) is 35.4 Å². The third-order valence-corrected chi connectivity index (χ3v) is 5.22. The van der Waals surface area contributed by atoms with Crippen molar-refractivity contribution in [3.8, 4) is 0 Å². The van der Waals surface area contributed by atoms with Crippen LogP contribution in [0.25, 0.3) is 0 Å². The Morgan fingerprint density at radius 3 is 3.11 bits per heavy atom. The van der Waals surface area contributed by atoms with E-state index in [2.05, 4.69) is 45.1 Å². The highest BCUT2D eigenvalue weighted by atomic mass is 79.9. The molecule has 1 heterocycles. The molecule has 3 heteroatoms. The van der Waals surface area contributed by atoms with E-state index >= 15 is 0 Å². The Hall–Kier alpha value is -0.380. The molecule has 1 saturated heterocycles. The molecule has 104 valence electrons. The molecule has 0 bridgehead atoms. The Bertz CT molecular complexity index is 423. The van der Waals surface area contributed by atoms with Crippen molar-refractivity contribution < 1.29 is 4.74 Å². The molecule has 2 nitrogen and oxygen atoms in total. The molecule has 2 aliphatic rings. The van der Waals surface area contributed by atoms with Crippen LogP contribution in [0.4, 0.5) is 0 Å². The summed E-state index contributed by atoms with van der Waals surface area (Å²) in [4.78, 5) is 2.62. The van der Waals surface area contributed by atoms with Gasteiger partial charge in [-0.2, -0.15) is 0 Å². The second-order valence-corrected chi connectivity index (χ2v) is 6.31. The number of rotatable bonds is 3. The number of aryl methyl sites for hydroxylation is 1. The summed E-state index contributed by atoms with van der Waals surface area (Å²) in [5, 5.41) is 1.02. The van der Waals surface area contributed by atoms with Gasteiger partial charge in [-0.1, -0.05) is 40.2 Å². The standard InChI is InChI=1S/C16H22BrNO/c17-10-15-12-19-9-8-18(15)11-14-6-3-5-13-4-1-2-7-16(13)14/h1-2,4,7,14-15H,3,5-6,8-12H2. The minimum atomic E-state index is 0.544. The van der Waals surface area contributed by atoms with Crippen LogP contribution in [-0.4, -0.2) is 42.6 Å². The van der Waals surface area contributed by atoms with E-state index in [9.17, 15) is 0 Å². The molecule has 2 atom stereocenters. The number of benzene rings is 1. The predicted molar refractivity (Wildman–Crippen MR) is 82.1 cm³/mol. The summed E-state index contributed by atoms with van der Waals surface area (Å²) in [5.41, 5.74) is 3.16. The van der Waals surface area contributed by atoms with Crippen molar-refractivity contribution >= 4 is 15.9 Å². The molecule has 0 amide bonds. The maximum absolute atomic E-state index is 5.59. The van der Waals surface area contributed by atoms with E-state index in [1.54, 1.807) is 11.1 Å². The van der Waals surface area contributed by atoms with Gasteiger partial charge in [-0.15, -0.1) is 0 Å². The zero-order chi connectivity index (χ0) is 13.1. The molecule has 2 unspecified atom stereocenters. The van der Waals surface area contributed by atoms with Gasteiger partial charge in [0, 0.05) is 24.5 Å². The molecule has 0 radical (unpaired) electrons. The number of fused-ring (bicyclic) bond motifs is 1. The molecule has 0 N–H and O–H groups in total. The summed E-state index contributed by atoms with van der Waals surface area (Å²) < 4.78 is 5.59. The maximum Gasteiger partial charge on any atom is 0.0630 e. The molecule has 0 saturated carbocycles. The number of morpholine rings is 1. The van der Waals surface area contributed by atoms with Crippen LogP contribution in [0.1, 0.15) is 29.9 Å². The monoisotopic (exact) mass is 323 g/mol. The molecule has 1 aliphatic carbocycles. The van der Waals surface area contributed by atoms with Gasteiger partial charge in [0.1, 0.15) is 0 Å². The first-order chi connectivity index (χ1) is 9.38. The third kappa shape index (κ3) is 3.04. The van der Waals surface area contributed by atoms with Crippen molar-refractivity contribution in [2.75, 3.05) is 31.6 Å². The van der Waals surface area contributed by atoms with E-state index in [0.717, 1.165) is 25.1 Å². The highest BCUT2D eigenvalue weighted by Crippen LogP contribution is 2.32. The fourth-order valence-electron chi connectivity index (χ4n) is 3.40. The van der Waals surface area contributed by atoms with E-state index in [4.69, 9.17) is 4.74 Å². The molecule has 0 aromatic heterocycles. The number of hydrogen-bond acceptors (Lipinski definition) is 2. The molecular weight excluding hydrogens is 302 g/mol. The van der Waals surface area contributed by atoms with Crippen LogP contribution in [-0.2, 0) is 11.2 Å². The average molecular weight is 324 g/mol. The molecule has 0 spiro atoms. The average Bonchev–Trinajstić information content (AvgIpc) is 2.48. The molecule has 1 fully saturated rings. The van der Waals surface area contributed by atoms with Crippen LogP contribution in [0, 0.1) is 0 Å². The van der Waals surface area contributed by atoms with Gasteiger partial charge in [-0.05, 0) is 36.3 Å². The third-order valence-electron chi connectivity index (χ3n) is 4.48. The summed E-state index contributed by atoms with van der Waals surface area (Å²) in [7, 11) is 0. The van der Waals surface area contributed by atoms with E-state index < -0.39 is 0 Å². The summed E-state index contributed by atoms with van der Waals surface area (Å²) in [5.74, 6) is 0.713. The second-order valence-electron chi connectivity index (χ2n) is 5.67. The summed E-state index contributed by atoms with van der Waals surface area (Å²) in [6.07, 6.45) is 3.94. The van der Waals surface area contributed by atoms with Gasteiger partial charge < -0.3 is 4.74 Å². The zero-order valence-electron chi connectivity index (χ0n) is 11.4. The predicted octanol–water partition coefficient (Wildman–Crippen LogP) is 3.20. The highest BCUT2D eigenvalue weighted by molar-refractivity contribution is 9.09. The topological polar surface area (TPSA) is 12.5 Å². The van der Waals surface area contributed by atoms with Gasteiger partial charge in [-0.25, -0.2) is 0 Å². The summed E-state index contributed by atoms with van der Waals surface area (Å²) in [6.45, 7) is 4.03. The minimum absolute atomic E-state index is 0.544. The lowest BCUT2D eigenvalue weighted by Gasteiger charge is -2.38. The zero-order valence-corrected chi connectivity index (χ0v) is 12.9. The number of halogens is 1. The SMILES string of the molecule is BrCC1COCCN1CC1CCCc2ccccc21. The van der Waals surface area contributed by atoms with E-state index in [1.807, 2.05) is 0 Å². The minimum Gasteiger partial charge on any atom is -0.378 e. The maximum atomic E-state index is 5.59. The van der Waals surface area contributed by atoms with Crippen LogP contribution in [0.5, 0.6) is 0 Å². The Kier molecular flexibility index (Phi) is 4.57. The fraction of sp³-hybridized carbons (Fsp3) is 0.625. The normalized spacial score (nSPS) is 28.1. The van der Waals surface area contributed by atoms with Gasteiger partial charge in [0.15, 0.2) is 0 Å². The lowest BCUT2D eigenvalue weighted by molar-refractivity contribution is -0.00149. The number of hydrogen-bond donors (Lipinski definition) is 0. The largest absolute Gasteiger partial charge is 0.378 e. The summed E-state index contributed by atoms with van der Waals surface area (Å²) >= 11 is 3.63. The molecular formula is C16H22BrNO. The Morgan fingerprint density at radius 1 is 1.32 bits per heavy atom. The lowest BCUT2D eigenvalue weighted by atomic mass is 9.82.